The standard InChI is InChI=1S/C16H15ClN2O4/c1-8-5-11(20)16-12(4-3-10(17)15(8)16)22-7-14(21)18-13-6-9(2)23-19-13/h3-4,6,8H,5,7H2,1-2H3,(H,18,19,21)/t8-/m1/s1. The average molecular weight is 335 g/mol. The maximum atomic E-state index is 12.1. The van der Waals surface area contributed by atoms with Crippen molar-refractivity contribution < 1.29 is 18.8 Å². The third-order valence-electron chi connectivity index (χ3n) is 3.67. The number of anilines is 1. The van der Waals surface area contributed by atoms with Crippen LogP contribution < -0.4 is 10.1 Å². The highest BCUT2D eigenvalue weighted by molar-refractivity contribution is 6.32. The van der Waals surface area contributed by atoms with Gasteiger partial charge in [-0.05, 0) is 30.5 Å². The average Bonchev–Trinajstić information content (AvgIpc) is 3.02. The first-order chi connectivity index (χ1) is 11.0. The molecule has 2 aromatic rings. The molecule has 23 heavy (non-hydrogen) atoms. The van der Waals surface area contributed by atoms with E-state index in [1.165, 1.54) is 0 Å². The van der Waals surface area contributed by atoms with E-state index >= 15 is 0 Å². The first-order valence-corrected chi connectivity index (χ1v) is 7.55. The lowest BCUT2D eigenvalue weighted by Crippen LogP contribution is -2.21. The highest BCUT2D eigenvalue weighted by Crippen LogP contribution is 2.42. The van der Waals surface area contributed by atoms with E-state index in [9.17, 15) is 9.59 Å². The summed E-state index contributed by atoms with van der Waals surface area (Å²) in [6, 6.07) is 4.90. The van der Waals surface area contributed by atoms with Gasteiger partial charge in [0.1, 0.15) is 11.5 Å². The summed E-state index contributed by atoms with van der Waals surface area (Å²) < 4.78 is 10.4. The molecule has 0 saturated heterocycles. The highest BCUT2D eigenvalue weighted by Gasteiger charge is 2.31. The van der Waals surface area contributed by atoms with Gasteiger partial charge in [0.05, 0.1) is 5.56 Å². The van der Waals surface area contributed by atoms with Crippen molar-refractivity contribution in [1.82, 2.24) is 5.16 Å². The van der Waals surface area contributed by atoms with E-state index < -0.39 is 0 Å². The SMILES string of the molecule is Cc1cc(NC(=O)COc2ccc(Cl)c3c2C(=O)C[C@H]3C)no1. The molecule has 1 aromatic carbocycles. The number of fused-ring (bicyclic) bond motifs is 1. The number of hydrogen-bond donors (Lipinski definition) is 1. The molecule has 1 N–H and O–H groups in total. The molecule has 0 saturated carbocycles. The van der Waals surface area contributed by atoms with Gasteiger partial charge in [-0.1, -0.05) is 23.7 Å². The third kappa shape index (κ3) is 3.07. The summed E-state index contributed by atoms with van der Waals surface area (Å²) in [5.74, 6) is 0.946. The summed E-state index contributed by atoms with van der Waals surface area (Å²) in [6.07, 6.45) is 0.403. The maximum absolute atomic E-state index is 12.1. The lowest BCUT2D eigenvalue weighted by Gasteiger charge is -2.12. The number of nitrogens with one attached hydrogen (secondary N) is 1. The van der Waals surface area contributed by atoms with Crippen LogP contribution in [0.1, 0.15) is 40.9 Å². The number of hydrogen-bond acceptors (Lipinski definition) is 5. The van der Waals surface area contributed by atoms with Crippen molar-refractivity contribution in [2.45, 2.75) is 26.2 Å². The third-order valence-corrected chi connectivity index (χ3v) is 4.00. The number of rotatable bonds is 4. The van der Waals surface area contributed by atoms with Crippen molar-refractivity contribution in [2.75, 3.05) is 11.9 Å². The molecule has 1 atom stereocenters. The minimum atomic E-state index is -0.388. The van der Waals surface area contributed by atoms with Crippen LogP contribution in [-0.4, -0.2) is 23.5 Å². The Hall–Kier alpha value is -2.34. The Kier molecular flexibility index (Phi) is 4.09. The van der Waals surface area contributed by atoms with E-state index in [0.717, 1.165) is 5.56 Å². The van der Waals surface area contributed by atoms with Crippen LogP contribution >= 0.6 is 11.6 Å². The van der Waals surface area contributed by atoms with Crippen LogP contribution in [0.3, 0.4) is 0 Å². The number of halogens is 1. The number of aromatic nitrogens is 1. The predicted octanol–water partition coefficient (Wildman–Crippen LogP) is 3.34. The highest BCUT2D eigenvalue weighted by atomic mass is 35.5. The minimum absolute atomic E-state index is 0.0162. The molecular formula is C16H15ClN2O4. The van der Waals surface area contributed by atoms with Crippen LogP contribution in [0.15, 0.2) is 22.7 Å². The second-order valence-corrected chi connectivity index (χ2v) is 5.93. The van der Waals surface area contributed by atoms with Gasteiger partial charge in [0.15, 0.2) is 18.2 Å². The molecule has 0 aliphatic heterocycles. The van der Waals surface area contributed by atoms with Gasteiger partial charge >= 0.3 is 0 Å². The molecule has 1 heterocycles. The van der Waals surface area contributed by atoms with E-state index in [-0.39, 0.29) is 24.2 Å². The molecule has 1 aromatic heterocycles. The molecule has 120 valence electrons. The van der Waals surface area contributed by atoms with Crippen molar-refractivity contribution in [3.63, 3.8) is 0 Å². The van der Waals surface area contributed by atoms with Gasteiger partial charge < -0.3 is 14.6 Å². The number of benzene rings is 1. The molecule has 0 spiro atoms. The molecule has 0 radical (unpaired) electrons. The normalized spacial score (nSPS) is 16.3. The Bertz CT molecular complexity index is 784. The minimum Gasteiger partial charge on any atom is -0.483 e. The van der Waals surface area contributed by atoms with Crippen molar-refractivity contribution >= 4 is 29.1 Å². The van der Waals surface area contributed by atoms with Gasteiger partial charge in [0, 0.05) is 17.5 Å². The fourth-order valence-electron chi connectivity index (χ4n) is 2.69. The van der Waals surface area contributed by atoms with Gasteiger partial charge in [-0.3, -0.25) is 9.59 Å². The number of ether oxygens (including phenoxy) is 1. The predicted molar refractivity (Wildman–Crippen MR) is 84.2 cm³/mol. The Balaban J connectivity index is 1.72. The summed E-state index contributed by atoms with van der Waals surface area (Å²) in [6.45, 7) is 3.43. The van der Waals surface area contributed by atoms with E-state index in [1.807, 2.05) is 6.92 Å². The number of amides is 1. The van der Waals surface area contributed by atoms with Crippen molar-refractivity contribution in [3.05, 3.63) is 40.1 Å². The maximum Gasteiger partial charge on any atom is 0.263 e. The molecule has 1 aliphatic carbocycles. The number of Topliss-reactive ketones (excluding diaryl/α,β-unsaturated/α-hetero) is 1. The first kappa shape index (κ1) is 15.6. The summed E-state index contributed by atoms with van der Waals surface area (Å²) in [5.41, 5.74) is 1.27. The molecule has 0 bridgehead atoms. The summed E-state index contributed by atoms with van der Waals surface area (Å²) in [5, 5.41) is 6.77. The number of ketones is 1. The molecule has 0 fully saturated rings. The topological polar surface area (TPSA) is 81.4 Å². The van der Waals surface area contributed by atoms with E-state index in [2.05, 4.69) is 10.5 Å². The Labute approximate surface area is 137 Å². The van der Waals surface area contributed by atoms with E-state index in [0.29, 0.717) is 34.3 Å². The quantitative estimate of drug-likeness (QED) is 0.927. The van der Waals surface area contributed by atoms with Gasteiger partial charge in [0.25, 0.3) is 5.91 Å². The molecule has 0 unspecified atom stereocenters. The fourth-order valence-corrected chi connectivity index (χ4v) is 3.04. The second-order valence-electron chi connectivity index (χ2n) is 5.52. The smallest absolute Gasteiger partial charge is 0.263 e. The zero-order chi connectivity index (χ0) is 16.6. The molecular weight excluding hydrogens is 320 g/mol. The molecule has 7 heteroatoms. The van der Waals surface area contributed by atoms with Crippen LogP contribution in [-0.2, 0) is 4.79 Å². The zero-order valence-corrected chi connectivity index (χ0v) is 13.4. The van der Waals surface area contributed by atoms with Crippen LogP contribution in [0.4, 0.5) is 5.82 Å². The number of carbonyl (C=O) groups is 2. The number of carbonyl (C=O) groups excluding carboxylic acids is 2. The Morgan fingerprint density at radius 3 is 3.00 bits per heavy atom. The van der Waals surface area contributed by atoms with Crippen LogP contribution in [0.5, 0.6) is 5.75 Å². The molecule has 1 amide bonds. The summed E-state index contributed by atoms with van der Waals surface area (Å²) >= 11 is 6.17. The van der Waals surface area contributed by atoms with E-state index in [1.54, 1.807) is 25.1 Å². The second kappa shape index (κ2) is 6.04. The zero-order valence-electron chi connectivity index (χ0n) is 12.7. The van der Waals surface area contributed by atoms with Crippen LogP contribution in [0.25, 0.3) is 0 Å². The summed E-state index contributed by atoms with van der Waals surface area (Å²) in [7, 11) is 0. The van der Waals surface area contributed by atoms with Gasteiger partial charge in [0.2, 0.25) is 0 Å². The molecule has 3 rings (SSSR count). The van der Waals surface area contributed by atoms with Crippen LogP contribution in [0, 0.1) is 6.92 Å². The fraction of sp³-hybridized carbons (Fsp3) is 0.312. The Morgan fingerprint density at radius 2 is 2.30 bits per heavy atom. The van der Waals surface area contributed by atoms with Crippen molar-refractivity contribution in [3.8, 4) is 5.75 Å². The largest absolute Gasteiger partial charge is 0.483 e. The van der Waals surface area contributed by atoms with Crippen molar-refractivity contribution in [2.24, 2.45) is 0 Å². The monoisotopic (exact) mass is 334 g/mol. The number of aryl methyl sites for hydroxylation is 1. The summed E-state index contributed by atoms with van der Waals surface area (Å²) in [4.78, 5) is 24.0. The van der Waals surface area contributed by atoms with E-state index in [4.69, 9.17) is 20.9 Å². The van der Waals surface area contributed by atoms with Crippen LogP contribution in [0.2, 0.25) is 5.02 Å². The first-order valence-electron chi connectivity index (χ1n) is 7.17. The molecule has 6 nitrogen and oxygen atoms in total. The lowest BCUT2D eigenvalue weighted by atomic mass is 10.0. The number of nitrogens with zero attached hydrogens (tertiary/aromatic N) is 1. The van der Waals surface area contributed by atoms with Crippen molar-refractivity contribution in [1.29, 1.82) is 0 Å². The molecule has 1 aliphatic rings. The van der Waals surface area contributed by atoms with Gasteiger partial charge in [-0.15, -0.1) is 0 Å². The Morgan fingerprint density at radius 1 is 1.52 bits per heavy atom. The van der Waals surface area contributed by atoms with Gasteiger partial charge in [-0.25, -0.2) is 0 Å². The lowest BCUT2D eigenvalue weighted by molar-refractivity contribution is -0.118. The van der Waals surface area contributed by atoms with Gasteiger partial charge in [-0.2, -0.15) is 0 Å².